The van der Waals surface area contributed by atoms with Gasteiger partial charge in [0, 0.05) is 26.2 Å². The lowest BCUT2D eigenvalue weighted by Gasteiger charge is -2.33. The van der Waals surface area contributed by atoms with Crippen LogP contribution in [0.3, 0.4) is 0 Å². The highest BCUT2D eigenvalue weighted by molar-refractivity contribution is 6.42. The maximum atomic E-state index is 13.0. The Bertz CT molecular complexity index is 997. The third-order valence-corrected chi connectivity index (χ3v) is 5.89. The number of amides is 1. The van der Waals surface area contributed by atoms with Crippen LogP contribution >= 0.6 is 23.2 Å². The van der Waals surface area contributed by atoms with Crippen LogP contribution in [0, 0.1) is 0 Å². The minimum atomic E-state index is -4.97. The summed E-state index contributed by atoms with van der Waals surface area (Å²) >= 11 is 12.0. The van der Waals surface area contributed by atoms with Gasteiger partial charge in [-0.25, -0.2) is 0 Å². The summed E-state index contributed by atoms with van der Waals surface area (Å²) in [5.74, 6) is -0.711. The number of morpholine rings is 1. The molecule has 1 fully saturated rings. The number of ether oxygens (including phenoxy) is 1. The summed E-state index contributed by atoms with van der Waals surface area (Å²) in [6, 6.07) is 6.40. The highest BCUT2D eigenvalue weighted by atomic mass is 35.5. The number of benzene rings is 2. The van der Waals surface area contributed by atoms with E-state index in [0.29, 0.717) is 48.4 Å². The largest absolute Gasteiger partial charge is 0.416 e. The molecule has 12 heteroatoms. The maximum Gasteiger partial charge on any atom is 0.416 e. The third kappa shape index (κ3) is 7.49. The second-order valence-electron chi connectivity index (χ2n) is 7.87. The van der Waals surface area contributed by atoms with E-state index in [2.05, 4.69) is 10.2 Å². The highest BCUT2D eigenvalue weighted by Crippen LogP contribution is 2.36. The molecule has 0 bridgehead atoms. The molecular weight excluding hydrogens is 509 g/mol. The van der Waals surface area contributed by atoms with E-state index in [9.17, 15) is 31.1 Å². The number of rotatable bonds is 6. The van der Waals surface area contributed by atoms with E-state index in [4.69, 9.17) is 27.9 Å². The summed E-state index contributed by atoms with van der Waals surface area (Å²) in [7, 11) is 0. The Kier molecular flexibility index (Phi) is 8.38. The summed E-state index contributed by atoms with van der Waals surface area (Å²) < 4.78 is 83.6. The van der Waals surface area contributed by atoms with Gasteiger partial charge in [0.15, 0.2) is 0 Å². The molecule has 186 valence electrons. The van der Waals surface area contributed by atoms with Crippen molar-refractivity contribution in [1.82, 2.24) is 10.2 Å². The van der Waals surface area contributed by atoms with Crippen LogP contribution < -0.4 is 5.32 Å². The highest BCUT2D eigenvalue weighted by Gasteiger charge is 2.37. The lowest BCUT2D eigenvalue weighted by molar-refractivity contribution is -0.143. The van der Waals surface area contributed by atoms with Crippen molar-refractivity contribution >= 4 is 29.1 Å². The maximum absolute atomic E-state index is 13.0. The zero-order valence-electron chi connectivity index (χ0n) is 17.6. The Hall–Kier alpha value is -2.01. The molecule has 0 radical (unpaired) electrons. The molecule has 1 N–H and O–H groups in total. The number of alkyl halides is 6. The van der Waals surface area contributed by atoms with E-state index < -0.39 is 41.9 Å². The van der Waals surface area contributed by atoms with E-state index in [-0.39, 0.29) is 18.2 Å². The van der Waals surface area contributed by atoms with Crippen molar-refractivity contribution in [2.45, 2.75) is 31.4 Å². The summed E-state index contributed by atoms with van der Waals surface area (Å²) in [6.07, 6.45) is -11.0. The Balaban J connectivity index is 1.57. The zero-order valence-corrected chi connectivity index (χ0v) is 19.1. The lowest BCUT2D eigenvalue weighted by atomic mass is 10.0. The zero-order chi connectivity index (χ0) is 25.1. The number of halogens is 8. The molecule has 0 aliphatic carbocycles. The molecule has 1 heterocycles. The molecule has 1 aliphatic rings. The minimum Gasteiger partial charge on any atom is -0.374 e. The second-order valence-corrected chi connectivity index (χ2v) is 8.69. The van der Waals surface area contributed by atoms with Crippen LogP contribution in [0.5, 0.6) is 0 Å². The molecule has 34 heavy (non-hydrogen) atoms. The standard InChI is InChI=1S/C22H20Cl2F6N2O2/c23-18-2-1-13(7-19(18)24)11-32-3-4-34-17(12-32)10-31-20(33)8-14-5-15(21(25,26)27)9-16(6-14)22(28,29)30/h1-2,5-7,9,17H,3-4,8,10-12H2,(H,31,33). The summed E-state index contributed by atoms with van der Waals surface area (Å²) in [6.45, 7) is 2.11. The Morgan fingerprint density at radius 1 is 0.971 bits per heavy atom. The molecule has 1 amide bonds. The number of hydrogen-bond donors (Lipinski definition) is 1. The Labute approximate surface area is 201 Å². The molecule has 1 saturated heterocycles. The number of carbonyl (C=O) groups is 1. The first-order valence-corrected chi connectivity index (χ1v) is 10.9. The SMILES string of the molecule is O=C(Cc1cc(C(F)(F)F)cc(C(F)(F)F)c1)NCC1CN(Cc2ccc(Cl)c(Cl)c2)CCO1. The average Bonchev–Trinajstić information content (AvgIpc) is 2.74. The van der Waals surface area contributed by atoms with Gasteiger partial charge in [0.2, 0.25) is 5.91 Å². The monoisotopic (exact) mass is 528 g/mol. The van der Waals surface area contributed by atoms with Crippen LogP contribution in [0.1, 0.15) is 22.3 Å². The van der Waals surface area contributed by atoms with Crippen molar-refractivity contribution in [1.29, 1.82) is 0 Å². The minimum absolute atomic E-state index is 0.0275. The summed E-state index contributed by atoms with van der Waals surface area (Å²) in [5, 5.41) is 3.40. The van der Waals surface area contributed by atoms with Crippen molar-refractivity contribution in [2.24, 2.45) is 0 Å². The van der Waals surface area contributed by atoms with Crippen LogP contribution in [-0.4, -0.2) is 43.2 Å². The molecule has 0 aromatic heterocycles. The number of nitrogens with zero attached hydrogens (tertiary/aromatic N) is 1. The molecule has 1 atom stereocenters. The quantitative estimate of drug-likeness (QED) is 0.497. The fourth-order valence-electron chi connectivity index (χ4n) is 3.54. The number of carbonyl (C=O) groups excluding carboxylic acids is 1. The van der Waals surface area contributed by atoms with Gasteiger partial charge < -0.3 is 10.1 Å². The van der Waals surface area contributed by atoms with Crippen molar-refractivity contribution in [2.75, 3.05) is 26.2 Å². The summed E-state index contributed by atoms with van der Waals surface area (Å²) in [5.41, 5.74) is -2.37. The molecular formula is C22H20Cl2F6N2O2. The lowest BCUT2D eigenvalue weighted by Crippen LogP contribution is -2.47. The molecule has 4 nitrogen and oxygen atoms in total. The van der Waals surface area contributed by atoms with Gasteiger partial charge in [-0.15, -0.1) is 0 Å². The molecule has 2 aromatic carbocycles. The first kappa shape index (κ1) is 26.6. The Morgan fingerprint density at radius 3 is 2.21 bits per heavy atom. The average molecular weight is 529 g/mol. The molecule has 0 saturated carbocycles. The fourth-order valence-corrected chi connectivity index (χ4v) is 3.86. The van der Waals surface area contributed by atoms with Crippen molar-refractivity contribution in [3.63, 3.8) is 0 Å². The van der Waals surface area contributed by atoms with Crippen LogP contribution in [0.4, 0.5) is 26.3 Å². The van der Waals surface area contributed by atoms with Gasteiger partial charge in [0.1, 0.15) is 0 Å². The van der Waals surface area contributed by atoms with Crippen LogP contribution in [-0.2, 0) is 34.8 Å². The number of nitrogens with one attached hydrogen (secondary N) is 1. The predicted molar refractivity (Wildman–Crippen MR) is 115 cm³/mol. The van der Waals surface area contributed by atoms with Gasteiger partial charge in [-0.3, -0.25) is 9.69 Å². The smallest absolute Gasteiger partial charge is 0.374 e. The van der Waals surface area contributed by atoms with Gasteiger partial charge in [0.25, 0.3) is 0 Å². The van der Waals surface area contributed by atoms with Gasteiger partial charge in [-0.05, 0) is 41.5 Å². The molecule has 2 aromatic rings. The van der Waals surface area contributed by atoms with E-state index in [1.165, 1.54) is 0 Å². The molecule has 3 rings (SSSR count). The predicted octanol–water partition coefficient (Wildman–Crippen LogP) is 5.59. The molecule has 1 aliphatic heterocycles. The van der Waals surface area contributed by atoms with Gasteiger partial charge >= 0.3 is 12.4 Å². The second kappa shape index (κ2) is 10.7. The first-order chi connectivity index (χ1) is 15.8. The molecule has 0 spiro atoms. The van der Waals surface area contributed by atoms with Crippen LogP contribution in [0.15, 0.2) is 36.4 Å². The van der Waals surface area contributed by atoms with E-state index in [1.54, 1.807) is 12.1 Å². The van der Waals surface area contributed by atoms with Gasteiger partial charge in [0.05, 0.1) is 40.3 Å². The molecule has 1 unspecified atom stereocenters. The topological polar surface area (TPSA) is 41.6 Å². The van der Waals surface area contributed by atoms with Crippen molar-refractivity contribution in [3.8, 4) is 0 Å². The van der Waals surface area contributed by atoms with Crippen molar-refractivity contribution < 1.29 is 35.9 Å². The fraction of sp³-hybridized carbons (Fsp3) is 0.409. The van der Waals surface area contributed by atoms with Crippen molar-refractivity contribution in [3.05, 3.63) is 68.7 Å². The third-order valence-electron chi connectivity index (χ3n) is 5.15. The van der Waals surface area contributed by atoms with Crippen LogP contribution in [0.2, 0.25) is 10.0 Å². The van der Waals surface area contributed by atoms with Gasteiger partial charge in [-0.2, -0.15) is 26.3 Å². The van der Waals surface area contributed by atoms with E-state index in [1.807, 2.05) is 6.07 Å². The van der Waals surface area contributed by atoms with Gasteiger partial charge in [-0.1, -0.05) is 29.3 Å². The summed E-state index contributed by atoms with van der Waals surface area (Å²) in [4.78, 5) is 14.3. The van der Waals surface area contributed by atoms with E-state index >= 15 is 0 Å². The van der Waals surface area contributed by atoms with Crippen LogP contribution in [0.25, 0.3) is 0 Å². The van der Waals surface area contributed by atoms with E-state index in [0.717, 1.165) is 5.56 Å². The first-order valence-electron chi connectivity index (χ1n) is 10.1. The number of hydrogen-bond acceptors (Lipinski definition) is 3. The normalized spacial score (nSPS) is 17.6. The Morgan fingerprint density at radius 2 is 1.62 bits per heavy atom.